The van der Waals surface area contributed by atoms with Crippen molar-refractivity contribution in [2.75, 3.05) is 18.9 Å². The minimum Gasteiger partial charge on any atom is -0.399 e. The first-order valence-electron chi connectivity index (χ1n) is 7.54. The van der Waals surface area contributed by atoms with Crippen molar-refractivity contribution in [3.05, 3.63) is 29.3 Å². The van der Waals surface area contributed by atoms with Crippen LogP contribution in [0.3, 0.4) is 0 Å². The number of rotatable bonds is 2. The molecule has 2 aliphatic rings. The number of fused-ring (bicyclic) bond motifs is 1. The second-order valence-electron chi connectivity index (χ2n) is 5.94. The molecule has 104 valence electrons. The zero-order valence-corrected chi connectivity index (χ0v) is 11.5. The lowest BCUT2D eigenvalue weighted by molar-refractivity contribution is 0.0844. The van der Waals surface area contributed by atoms with Crippen molar-refractivity contribution in [1.82, 2.24) is 4.90 Å². The van der Waals surface area contributed by atoms with Crippen LogP contribution in [0, 0.1) is 0 Å². The van der Waals surface area contributed by atoms with Crippen molar-refractivity contribution in [3.8, 4) is 0 Å². The Morgan fingerprint density at radius 2 is 2.11 bits per heavy atom. The quantitative estimate of drug-likeness (QED) is 0.803. The van der Waals surface area contributed by atoms with Crippen LogP contribution in [0.5, 0.6) is 0 Å². The van der Waals surface area contributed by atoms with E-state index in [1.54, 1.807) is 0 Å². The molecule has 19 heavy (non-hydrogen) atoms. The molecule has 1 aromatic rings. The van der Waals surface area contributed by atoms with Gasteiger partial charge in [-0.05, 0) is 55.5 Å². The first-order chi connectivity index (χ1) is 9.29. The largest absolute Gasteiger partial charge is 0.399 e. The van der Waals surface area contributed by atoms with Crippen molar-refractivity contribution >= 4 is 5.69 Å². The van der Waals surface area contributed by atoms with Crippen LogP contribution in [0.15, 0.2) is 18.2 Å². The molecule has 1 aliphatic carbocycles. The molecule has 0 aromatic heterocycles. The topological polar surface area (TPSA) is 49.5 Å². The number of benzene rings is 1. The molecular weight excluding hydrogens is 236 g/mol. The summed E-state index contributed by atoms with van der Waals surface area (Å²) >= 11 is 0. The Bertz CT molecular complexity index is 446. The van der Waals surface area contributed by atoms with E-state index in [-0.39, 0.29) is 0 Å². The second kappa shape index (κ2) is 5.51. The van der Waals surface area contributed by atoms with Crippen LogP contribution in [-0.2, 0) is 6.42 Å². The third-order valence-corrected chi connectivity index (χ3v) is 4.75. The molecule has 2 unspecified atom stereocenters. The first kappa shape index (κ1) is 12.9. The lowest BCUT2D eigenvalue weighted by Crippen LogP contribution is -2.39. The third kappa shape index (κ3) is 2.49. The highest BCUT2D eigenvalue weighted by molar-refractivity contribution is 5.47. The van der Waals surface area contributed by atoms with Crippen LogP contribution >= 0.6 is 0 Å². The summed E-state index contributed by atoms with van der Waals surface area (Å²) in [6.45, 7) is 1.42. The summed E-state index contributed by atoms with van der Waals surface area (Å²) in [7, 11) is 0. The van der Waals surface area contributed by atoms with Gasteiger partial charge in [0.2, 0.25) is 0 Å². The highest BCUT2D eigenvalue weighted by atomic mass is 16.3. The van der Waals surface area contributed by atoms with E-state index < -0.39 is 0 Å². The molecule has 0 spiro atoms. The van der Waals surface area contributed by atoms with Gasteiger partial charge in [0.15, 0.2) is 0 Å². The van der Waals surface area contributed by atoms with Gasteiger partial charge in [-0.1, -0.05) is 18.9 Å². The van der Waals surface area contributed by atoms with Crippen LogP contribution < -0.4 is 5.73 Å². The highest BCUT2D eigenvalue weighted by Gasteiger charge is 2.32. The summed E-state index contributed by atoms with van der Waals surface area (Å²) < 4.78 is 0. The van der Waals surface area contributed by atoms with E-state index in [0.29, 0.717) is 18.7 Å². The minimum atomic E-state index is 0.292. The van der Waals surface area contributed by atoms with E-state index in [2.05, 4.69) is 17.0 Å². The van der Waals surface area contributed by atoms with Gasteiger partial charge in [0.1, 0.15) is 0 Å². The predicted molar refractivity (Wildman–Crippen MR) is 78.0 cm³/mol. The number of hydrogen-bond acceptors (Lipinski definition) is 3. The van der Waals surface area contributed by atoms with Crippen LogP contribution in [0.25, 0.3) is 0 Å². The molecule has 1 heterocycles. The zero-order chi connectivity index (χ0) is 13.2. The van der Waals surface area contributed by atoms with Crippen molar-refractivity contribution in [2.24, 2.45) is 0 Å². The summed E-state index contributed by atoms with van der Waals surface area (Å²) in [5, 5.41) is 9.68. The molecule has 3 nitrogen and oxygen atoms in total. The number of hydrogen-bond donors (Lipinski definition) is 2. The number of nitrogen functional groups attached to an aromatic ring is 1. The molecule has 0 radical (unpaired) electrons. The minimum absolute atomic E-state index is 0.292. The number of likely N-dealkylation sites (tertiary alicyclic amines) is 1. The third-order valence-electron chi connectivity index (χ3n) is 4.75. The molecule has 0 bridgehead atoms. The highest BCUT2D eigenvalue weighted by Crippen LogP contribution is 2.39. The van der Waals surface area contributed by atoms with Crippen LogP contribution in [0.2, 0.25) is 0 Å². The summed E-state index contributed by atoms with van der Waals surface area (Å²) in [6, 6.07) is 7.17. The van der Waals surface area contributed by atoms with Gasteiger partial charge in [-0.15, -0.1) is 0 Å². The van der Waals surface area contributed by atoms with Gasteiger partial charge < -0.3 is 10.8 Å². The predicted octanol–water partition coefficient (Wildman–Crippen LogP) is 2.49. The fraction of sp³-hybridized carbons (Fsp3) is 0.625. The van der Waals surface area contributed by atoms with Gasteiger partial charge >= 0.3 is 0 Å². The van der Waals surface area contributed by atoms with Crippen molar-refractivity contribution in [3.63, 3.8) is 0 Å². The van der Waals surface area contributed by atoms with Crippen molar-refractivity contribution in [1.29, 1.82) is 0 Å². The maximum absolute atomic E-state index is 9.68. The smallest absolute Gasteiger partial charge is 0.0587 e. The maximum atomic E-state index is 9.68. The van der Waals surface area contributed by atoms with Gasteiger partial charge in [-0.3, -0.25) is 4.90 Å². The van der Waals surface area contributed by atoms with Crippen molar-refractivity contribution in [2.45, 2.75) is 50.6 Å². The number of aryl methyl sites for hydroxylation is 1. The maximum Gasteiger partial charge on any atom is 0.0587 e. The van der Waals surface area contributed by atoms with Crippen LogP contribution in [0.4, 0.5) is 5.69 Å². The van der Waals surface area contributed by atoms with Gasteiger partial charge in [-0.25, -0.2) is 0 Å². The zero-order valence-electron chi connectivity index (χ0n) is 11.5. The summed E-state index contributed by atoms with van der Waals surface area (Å²) in [6.07, 6.45) is 7.25. The Morgan fingerprint density at radius 3 is 2.95 bits per heavy atom. The van der Waals surface area contributed by atoms with Crippen molar-refractivity contribution < 1.29 is 5.11 Å². The van der Waals surface area contributed by atoms with E-state index in [1.807, 2.05) is 6.07 Å². The van der Waals surface area contributed by atoms with Gasteiger partial charge in [-0.2, -0.15) is 0 Å². The van der Waals surface area contributed by atoms with E-state index in [1.165, 1.54) is 36.8 Å². The van der Waals surface area contributed by atoms with Gasteiger partial charge in [0.25, 0.3) is 0 Å². The Labute approximate surface area is 115 Å². The number of aliphatic hydroxyl groups is 1. The SMILES string of the molecule is Nc1ccc2c(c1)CCC2N1CCCCCC1CO. The number of anilines is 1. The summed E-state index contributed by atoms with van der Waals surface area (Å²) in [5.74, 6) is 0. The second-order valence-corrected chi connectivity index (χ2v) is 5.94. The molecule has 3 heteroatoms. The number of nitrogens with zero attached hydrogens (tertiary/aromatic N) is 1. The summed E-state index contributed by atoms with van der Waals surface area (Å²) in [4.78, 5) is 2.55. The van der Waals surface area contributed by atoms with E-state index >= 15 is 0 Å². The number of aliphatic hydroxyl groups excluding tert-OH is 1. The fourth-order valence-corrected chi connectivity index (χ4v) is 3.77. The molecule has 1 fully saturated rings. The fourth-order valence-electron chi connectivity index (χ4n) is 3.77. The lowest BCUT2D eigenvalue weighted by atomic mass is 10.0. The molecule has 0 amide bonds. The summed E-state index contributed by atoms with van der Waals surface area (Å²) in [5.41, 5.74) is 9.60. The van der Waals surface area contributed by atoms with Gasteiger partial charge in [0.05, 0.1) is 6.61 Å². The molecule has 3 rings (SSSR count). The Morgan fingerprint density at radius 1 is 1.21 bits per heavy atom. The molecule has 0 saturated carbocycles. The van der Waals surface area contributed by atoms with Crippen LogP contribution in [0.1, 0.15) is 49.3 Å². The Balaban J connectivity index is 1.86. The molecule has 2 atom stereocenters. The lowest BCUT2D eigenvalue weighted by Gasteiger charge is -2.34. The molecular formula is C16H24N2O. The average Bonchev–Trinajstić information content (AvgIpc) is 2.68. The van der Waals surface area contributed by atoms with E-state index in [0.717, 1.165) is 25.1 Å². The molecule has 1 saturated heterocycles. The van der Waals surface area contributed by atoms with Gasteiger partial charge in [0, 0.05) is 17.8 Å². The normalized spacial score (nSPS) is 28.1. The Kier molecular flexibility index (Phi) is 3.76. The Hall–Kier alpha value is -1.06. The van der Waals surface area contributed by atoms with Crippen LogP contribution in [-0.4, -0.2) is 29.2 Å². The molecule has 3 N–H and O–H groups in total. The monoisotopic (exact) mass is 260 g/mol. The average molecular weight is 260 g/mol. The molecule has 1 aromatic carbocycles. The van der Waals surface area contributed by atoms with E-state index in [9.17, 15) is 5.11 Å². The number of nitrogens with two attached hydrogens (primary N) is 1. The standard InChI is InChI=1S/C16H24N2O/c17-13-6-7-15-12(10-13)5-8-16(15)18-9-3-1-2-4-14(18)11-19/h6-7,10,14,16,19H,1-5,8-9,11,17H2. The first-order valence-corrected chi connectivity index (χ1v) is 7.54. The molecule has 1 aliphatic heterocycles. The van der Waals surface area contributed by atoms with E-state index in [4.69, 9.17) is 5.73 Å².